The summed E-state index contributed by atoms with van der Waals surface area (Å²) in [5.41, 5.74) is -1.20. The molecule has 1 aromatic heterocycles. The minimum Gasteiger partial charge on any atom is -0.507 e. The van der Waals surface area contributed by atoms with Crippen molar-refractivity contribution in [2.75, 3.05) is 20.3 Å². The molecule has 19 nitrogen and oxygen atoms in total. The molecule has 2 aliphatic rings. The van der Waals surface area contributed by atoms with E-state index in [4.69, 9.17) is 37.6 Å². The van der Waals surface area contributed by atoms with Crippen molar-refractivity contribution in [3.63, 3.8) is 0 Å². The van der Waals surface area contributed by atoms with Gasteiger partial charge in [-0.3, -0.25) is 14.4 Å². The van der Waals surface area contributed by atoms with Gasteiger partial charge in [0.15, 0.2) is 40.7 Å². The first-order valence-electron chi connectivity index (χ1n) is 15.3. The average Bonchev–Trinajstić information content (AvgIpc) is 3.08. The summed E-state index contributed by atoms with van der Waals surface area (Å²) < 4.78 is 43.3. The van der Waals surface area contributed by atoms with E-state index in [1.54, 1.807) is 0 Å². The van der Waals surface area contributed by atoms with Gasteiger partial charge in [-0.2, -0.15) is 0 Å². The normalized spacial score (nSPS) is 29.3. The number of carbonyl (C=O) groups is 2. The zero-order valence-corrected chi connectivity index (χ0v) is 27.1. The maximum atomic E-state index is 13.1. The van der Waals surface area contributed by atoms with E-state index in [9.17, 15) is 55.2 Å². The quantitative estimate of drug-likeness (QED) is 0.0893. The Labute approximate surface area is 287 Å². The van der Waals surface area contributed by atoms with Crippen molar-refractivity contribution in [1.82, 2.24) is 0 Å². The van der Waals surface area contributed by atoms with Gasteiger partial charge in [0.05, 0.1) is 7.11 Å². The summed E-state index contributed by atoms with van der Waals surface area (Å²) in [5.74, 6) is -4.07. The molecular weight excluding hydrogens is 688 g/mol. The third-order valence-corrected chi connectivity index (χ3v) is 8.13. The van der Waals surface area contributed by atoms with E-state index in [0.717, 1.165) is 26.0 Å². The van der Waals surface area contributed by atoms with Crippen LogP contribution in [0, 0.1) is 0 Å². The molecule has 3 aromatic rings. The monoisotopic (exact) mass is 724 g/mol. The number of hydrogen-bond donors (Lipinski definition) is 8. The van der Waals surface area contributed by atoms with Gasteiger partial charge in [0.2, 0.25) is 12.0 Å². The summed E-state index contributed by atoms with van der Waals surface area (Å²) in [6, 6.07) is 5.88. The van der Waals surface area contributed by atoms with E-state index < -0.39 is 120 Å². The highest BCUT2D eigenvalue weighted by atomic mass is 16.8. The van der Waals surface area contributed by atoms with Crippen molar-refractivity contribution in [1.29, 1.82) is 0 Å². The number of ether oxygens (including phenoxy) is 7. The highest BCUT2D eigenvalue weighted by Crippen LogP contribution is 2.43. The molecule has 2 saturated heterocycles. The van der Waals surface area contributed by atoms with E-state index in [1.807, 2.05) is 0 Å². The van der Waals surface area contributed by atoms with Crippen LogP contribution in [0.3, 0.4) is 0 Å². The number of aliphatic hydroxyl groups is 5. The van der Waals surface area contributed by atoms with Crippen LogP contribution in [0.5, 0.6) is 28.7 Å². The zero-order valence-electron chi connectivity index (χ0n) is 27.1. The molecule has 8 N–H and O–H groups in total. The Kier molecular flexibility index (Phi) is 11.2. The Morgan fingerprint density at radius 1 is 0.745 bits per heavy atom. The molecule has 2 aromatic carbocycles. The lowest BCUT2D eigenvalue weighted by atomic mass is 9.97. The van der Waals surface area contributed by atoms with Crippen LogP contribution >= 0.6 is 0 Å². The summed E-state index contributed by atoms with van der Waals surface area (Å²) in [6.45, 7) is 0.963. The standard InChI is InChI=1S/C32H36O19/c1-11(33)45-9-20-23(38)26(41)28(43)31(49-20)51-30-27(42)24(39)21(10-46-12(2)34)50-32(30)48-19-8-16(37)22-15(36)7-18(47-29(22)25(19)40)13-4-5-17(44-3)14(35)6-13/h4-8,20-21,23-24,26-28,30-32,35,37-43H,9-10H2,1-3H3/t20-,21+,23+,24+,26+,27+,28+,30-,31+,32-/m1/s1. The van der Waals surface area contributed by atoms with Crippen molar-refractivity contribution >= 4 is 22.9 Å². The van der Waals surface area contributed by atoms with Crippen LogP contribution in [-0.4, -0.2) is 135 Å². The summed E-state index contributed by atoms with van der Waals surface area (Å²) >= 11 is 0. The number of aliphatic hydroxyl groups excluding tert-OH is 5. The van der Waals surface area contributed by atoms with Crippen molar-refractivity contribution in [3.8, 4) is 40.1 Å². The molecule has 278 valence electrons. The first-order chi connectivity index (χ1) is 24.1. The first-order valence-corrected chi connectivity index (χ1v) is 15.3. The fourth-order valence-electron chi connectivity index (χ4n) is 5.48. The SMILES string of the molecule is COc1ccc(-c2cc(=O)c3c(O)cc(O[C@@H]4O[C@@H](COC(C)=O)[C@H](O)[C@H](O)[C@H]4O[C@@H]4O[C@H](COC(C)=O)[C@H](O)[C@H](O)[C@@H]4O)c(O)c3o2)cc1O. The van der Waals surface area contributed by atoms with Crippen LogP contribution in [0.2, 0.25) is 0 Å². The average molecular weight is 725 g/mol. The number of rotatable bonds is 10. The number of aromatic hydroxyl groups is 3. The number of fused-ring (bicyclic) bond motifs is 1. The van der Waals surface area contributed by atoms with Crippen LogP contribution < -0.4 is 14.9 Å². The maximum Gasteiger partial charge on any atom is 0.302 e. The molecule has 5 rings (SSSR count). The topological polar surface area (TPSA) is 291 Å². The number of carbonyl (C=O) groups excluding carboxylic acids is 2. The third kappa shape index (κ3) is 7.80. The van der Waals surface area contributed by atoms with Gasteiger partial charge in [-0.1, -0.05) is 0 Å². The molecule has 10 atom stereocenters. The lowest BCUT2D eigenvalue weighted by Gasteiger charge is -2.46. The minimum absolute atomic E-state index is 0.124. The molecule has 2 aliphatic heterocycles. The largest absolute Gasteiger partial charge is 0.507 e. The van der Waals surface area contributed by atoms with E-state index >= 15 is 0 Å². The van der Waals surface area contributed by atoms with E-state index in [1.165, 1.54) is 25.3 Å². The molecule has 0 unspecified atom stereocenters. The number of phenols is 3. The Balaban J connectivity index is 1.51. The molecule has 2 fully saturated rings. The summed E-state index contributed by atoms with van der Waals surface area (Å²) in [7, 11) is 1.33. The number of hydrogen-bond acceptors (Lipinski definition) is 19. The van der Waals surface area contributed by atoms with Gasteiger partial charge in [-0.25, -0.2) is 0 Å². The number of phenolic OH excluding ortho intramolecular Hbond substituents is 3. The third-order valence-electron chi connectivity index (χ3n) is 8.13. The van der Waals surface area contributed by atoms with Gasteiger partial charge in [-0.05, 0) is 18.2 Å². The fourth-order valence-corrected chi connectivity index (χ4v) is 5.48. The molecule has 0 bridgehead atoms. The highest BCUT2D eigenvalue weighted by molar-refractivity contribution is 5.91. The number of esters is 2. The van der Waals surface area contributed by atoms with Crippen molar-refractivity contribution in [3.05, 3.63) is 40.6 Å². The molecule has 0 radical (unpaired) electrons. The second-order valence-electron chi connectivity index (χ2n) is 11.7. The van der Waals surface area contributed by atoms with E-state index in [-0.39, 0.29) is 22.8 Å². The Morgan fingerprint density at radius 3 is 1.94 bits per heavy atom. The molecule has 0 saturated carbocycles. The molecule has 0 spiro atoms. The predicted octanol–water partition coefficient (Wildman–Crippen LogP) is -1.27. The van der Waals surface area contributed by atoms with Crippen LogP contribution in [0.25, 0.3) is 22.3 Å². The van der Waals surface area contributed by atoms with Crippen LogP contribution in [0.1, 0.15) is 13.8 Å². The second-order valence-corrected chi connectivity index (χ2v) is 11.7. The van der Waals surface area contributed by atoms with E-state index in [0.29, 0.717) is 0 Å². The smallest absolute Gasteiger partial charge is 0.302 e. The lowest BCUT2D eigenvalue weighted by Crippen LogP contribution is -2.65. The lowest BCUT2D eigenvalue weighted by molar-refractivity contribution is -0.358. The van der Waals surface area contributed by atoms with Gasteiger partial charge < -0.3 is 78.4 Å². The second kappa shape index (κ2) is 15.3. The van der Waals surface area contributed by atoms with Gasteiger partial charge in [0.1, 0.15) is 72.8 Å². The Bertz CT molecular complexity index is 1810. The van der Waals surface area contributed by atoms with Crippen molar-refractivity contribution in [2.45, 2.75) is 75.3 Å². The fraction of sp³-hybridized carbons (Fsp3) is 0.469. The summed E-state index contributed by atoms with van der Waals surface area (Å²) in [4.78, 5) is 35.9. The van der Waals surface area contributed by atoms with Crippen molar-refractivity contribution in [2.24, 2.45) is 0 Å². The molecule has 19 heteroatoms. The molecule has 0 amide bonds. The van der Waals surface area contributed by atoms with Crippen LogP contribution in [0.15, 0.2) is 39.5 Å². The van der Waals surface area contributed by atoms with Gasteiger partial charge in [0.25, 0.3) is 0 Å². The predicted molar refractivity (Wildman–Crippen MR) is 166 cm³/mol. The molecule has 3 heterocycles. The Morgan fingerprint density at radius 2 is 1.35 bits per heavy atom. The summed E-state index contributed by atoms with van der Waals surface area (Å²) in [6.07, 6.45) is -18.1. The highest BCUT2D eigenvalue weighted by Gasteiger charge is 2.52. The maximum absolute atomic E-state index is 13.1. The number of benzene rings is 2. The first kappa shape index (κ1) is 37.5. The zero-order chi connectivity index (χ0) is 37.3. The molecule has 51 heavy (non-hydrogen) atoms. The summed E-state index contributed by atoms with van der Waals surface area (Å²) in [5, 5.41) is 85.3. The van der Waals surface area contributed by atoms with Crippen molar-refractivity contribution < 1.29 is 88.0 Å². The molecule has 0 aliphatic carbocycles. The van der Waals surface area contributed by atoms with Crippen LogP contribution in [0.4, 0.5) is 0 Å². The van der Waals surface area contributed by atoms with Gasteiger partial charge >= 0.3 is 11.9 Å². The molecular formula is C32H36O19. The Hall–Kier alpha value is -4.73. The number of methoxy groups -OCH3 is 1. The van der Waals surface area contributed by atoms with Gasteiger partial charge in [0, 0.05) is 31.5 Å². The van der Waals surface area contributed by atoms with E-state index in [2.05, 4.69) is 0 Å². The minimum atomic E-state index is -1.99. The van der Waals surface area contributed by atoms with Gasteiger partial charge in [-0.15, -0.1) is 0 Å². The van der Waals surface area contributed by atoms with Crippen LogP contribution in [-0.2, 0) is 33.3 Å².